The standard InChI is InChI=1S/C18H37NO/c1-2-3-4-5-6-7-8-9-12-15-18(20)19-16-13-10-11-14-17-19/h18,20H,2-17H2,1H3. The molecule has 1 aliphatic heterocycles. The van der Waals surface area contributed by atoms with Crippen LogP contribution >= 0.6 is 0 Å². The Morgan fingerprint density at radius 3 is 1.80 bits per heavy atom. The molecule has 0 aromatic carbocycles. The first kappa shape index (κ1) is 18.0. The molecule has 1 unspecified atom stereocenters. The van der Waals surface area contributed by atoms with E-state index in [-0.39, 0.29) is 6.23 Å². The minimum absolute atomic E-state index is 0.169. The van der Waals surface area contributed by atoms with E-state index in [0.717, 1.165) is 19.5 Å². The van der Waals surface area contributed by atoms with Crippen molar-refractivity contribution in [1.82, 2.24) is 4.90 Å². The van der Waals surface area contributed by atoms with Gasteiger partial charge in [-0.1, -0.05) is 71.1 Å². The summed E-state index contributed by atoms with van der Waals surface area (Å²) in [6.07, 6.45) is 18.3. The highest BCUT2D eigenvalue weighted by Crippen LogP contribution is 2.16. The zero-order chi connectivity index (χ0) is 14.5. The molecule has 0 bridgehead atoms. The van der Waals surface area contributed by atoms with Crippen molar-refractivity contribution in [3.63, 3.8) is 0 Å². The zero-order valence-electron chi connectivity index (χ0n) is 13.8. The average molecular weight is 284 g/mol. The highest BCUT2D eigenvalue weighted by Gasteiger charge is 2.16. The summed E-state index contributed by atoms with van der Waals surface area (Å²) in [7, 11) is 0. The Bertz CT molecular complexity index is 200. The van der Waals surface area contributed by atoms with E-state index < -0.39 is 0 Å². The van der Waals surface area contributed by atoms with Gasteiger partial charge in [0.2, 0.25) is 0 Å². The normalized spacial score (nSPS) is 18.9. The Balaban J connectivity index is 1.89. The van der Waals surface area contributed by atoms with E-state index in [1.807, 2.05) is 0 Å². The molecule has 0 aromatic heterocycles. The second-order valence-electron chi connectivity index (χ2n) is 6.55. The van der Waals surface area contributed by atoms with Crippen molar-refractivity contribution in [2.75, 3.05) is 13.1 Å². The van der Waals surface area contributed by atoms with Gasteiger partial charge in [-0.2, -0.15) is 0 Å². The summed E-state index contributed by atoms with van der Waals surface area (Å²) in [6, 6.07) is 0. The van der Waals surface area contributed by atoms with E-state index in [4.69, 9.17) is 0 Å². The van der Waals surface area contributed by atoms with Crippen molar-refractivity contribution in [2.24, 2.45) is 0 Å². The van der Waals surface area contributed by atoms with Gasteiger partial charge in [-0.25, -0.2) is 0 Å². The first-order chi connectivity index (χ1) is 9.84. The van der Waals surface area contributed by atoms with Crippen molar-refractivity contribution in [1.29, 1.82) is 0 Å². The first-order valence-electron chi connectivity index (χ1n) is 9.26. The van der Waals surface area contributed by atoms with Gasteiger partial charge in [0.1, 0.15) is 6.23 Å². The molecule has 1 heterocycles. The van der Waals surface area contributed by atoms with Crippen LogP contribution in [0.5, 0.6) is 0 Å². The number of aliphatic hydroxyl groups excluding tert-OH is 1. The van der Waals surface area contributed by atoms with Crippen LogP contribution in [0.15, 0.2) is 0 Å². The molecule has 1 rings (SSSR count). The smallest absolute Gasteiger partial charge is 0.107 e. The first-order valence-corrected chi connectivity index (χ1v) is 9.26. The summed E-state index contributed by atoms with van der Waals surface area (Å²) in [4.78, 5) is 2.30. The van der Waals surface area contributed by atoms with Crippen LogP contribution in [0.4, 0.5) is 0 Å². The summed E-state index contributed by atoms with van der Waals surface area (Å²) in [5.74, 6) is 0. The van der Waals surface area contributed by atoms with Gasteiger partial charge < -0.3 is 5.11 Å². The summed E-state index contributed by atoms with van der Waals surface area (Å²) in [5, 5.41) is 10.2. The Kier molecular flexibility index (Phi) is 11.4. The van der Waals surface area contributed by atoms with Gasteiger partial charge in [-0.3, -0.25) is 4.90 Å². The predicted molar refractivity (Wildman–Crippen MR) is 87.9 cm³/mol. The molecule has 2 nitrogen and oxygen atoms in total. The van der Waals surface area contributed by atoms with E-state index >= 15 is 0 Å². The number of hydrogen-bond acceptors (Lipinski definition) is 2. The van der Waals surface area contributed by atoms with Crippen molar-refractivity contribution < 1.29 is 5.11 Å². The predicted octanol–water partition coefficient (Wildman–Crippen LogP) is 5.10. The topological polar surface area (TPSA) is 23.5 Å². The third kappa shape index (κ3) is 8.97. The SMILES string of the molecule is CCCCCCCCCCCC(O)N1CCCCCC1. The fraction of sp³-hybridized carbons (Fsp3) is 1.00. The van der Waals surface area contributed by atoms with Crippen LogP contribution < -0.4 is 0 Å². The van der Waals surface area contributed by atoms with Gasteiger partial charge >= 0.3 is 0 Å². The maximum atomic E-state index is 10.2. The molecular weight excluding hydrogens is 246 g/mol. The van der Waals surface area contributed by atoms with Gasteiger partial charge in [0.05, 0.1) is 0 Å². The molecule has 1 N–H and O–H groups in total. The lowest BCUT2D eigenvalue weighted by Gasteiger charge is -2.26. The molecule has 1 aliphatic rings. The molecule has 0 aliphatic carbocycles. The van der Waals surface area contributed by atoms with Crippen LogP contribution in [0.1, 0.15) is 96.8 Å². The number of nitrogens with zero attached hydrogens (tertiary/aromatic N) is 1. The van der Waals surface area contributed by atoms with E-state index in [1.54, 1.807) is 0 Å². The van der Waals surface area contributed by atoms with Crippen LogP contribution in [-0.2, 0) is 0 Å². The van der Waals surface area contributed by atoms with E-state index in [9.17, 15) is 5.11 Å². The summed E-state index contributed by atoms with van der Waals surface area (Å²) in [5.41, 5.74) is 0. The lowest BCUT2D eigenvalue weighted by molar-refractivity contribution is -0.00183. The highest BCUT2D eigenvalue weighted by atomic mass is 16.3. The second-order valence-corrected chi connectivity index (χ2v) is 6.55. The fourth-order valence-corrected chi connectivity index (χ4v) is 3.21. The van der Waals surface area contributed by atoms with E-state index in [1.165, 1.54) is 83.5 Å². The molecule has 0 amide bonds. The van der Waals surface area contributed by atoms with Crippen molar-refractivity contribution >= 4 is 0 Å². The van der Waals surface area contributed by atoms with Gasteiger partial charge in [-0.05, 0) is 25.7 Å². The van der Waals surface area contributed by atoms with Gasteiger partial charge in [0.25, 0.3) is 0 Å². The molecule has 20 heavy (non-hydrogen) atoms. The Hall–Kier alpha value is -0.0800. The Morgan fingerprint density at radius 1 is 0.750 bits per heavy atom. The summed E-state index contributed by atoms with van der Waals surface area (Å²) >= 11 is 0. The van der Waals surface area contributed by atoms with Crippen LogP contribution in [0.25, 0.3) is 0 Å². The summed E-state index contributed by atoms with van der Waals surface area (Å²) in [6.45, 7) is 4.49. The maximum Gasteiger partial charge on any atom is 0.107 e. The summed E-state index contributed by atoms with van der Waals surface area (Å²) < 4.78 is 0. The van der Waals surface area contributed by atoms with Crippen LogP contribution in [-0.4, -0.2) is 29.3 Å². The largest absolute Gasteiger partial charge is 0.378 e. The van der Waals surface area contributed by atoms with E-state index in [2.05, 4.69) is 11.8 Å². The van der Waals surface area contributed by atoms with Crippen molar-refractivity contribution in [3.8, 4) is 0 Å². The number of likely N-dealkylation sites (tertiary alicyclic amines) is 1. The lowest BCUT2D eigenvalue weighted by atomic mass is 10.1. The minimum atomic E-state index is -0.169. The highest BCUT2D eigenvalue weighted by molar-refractivity contribution is 4.66. The zero-order valence-corrected chi connectivity index (χ0v) is 13.8. The van der Waals surface area contributed by atoms with Crippen LogP contribution in [0, 0.1) is 0 Å². The minimum Gasteiger partial charge on any atom is -0.378 e. The van der Waals surface area contributed by atoms with Crippen LogP contribution in [0.2, 0.25) is 0 Å². The Labute approximate surface area is 126 Å². The molecule has 1 fully saturated rings. The quantitative estimate of drug-likeness (QED) is 0.533. The van der Waals surface area contributed by atoms with Gasteiger partial charge in [-0.15, -0.1) is 0 Å². The molecule has 0 saturated carbocycles. The monoisotopic (exact) mass is 283 g/mol. The van der Waals surface area contributed by atoms with Gasteiger partial charge in [0.15, 0.2) is 0 Å². The second kappa shape index (κ2) is 12.6. The molecule has 1 atom stereocenters. The van der Waals surface area contributed by atoms with Crippen molar-refractivity contribution in [2.45, 2.75) is 103 Å². The Morgan fingerprint density at radius 2 is 1.25 bits per heavy atom. The average Bonchev–Trinajstić information content (AvgIpc) is 2.74. The molecule has 0 radical (unpaired) electrons. The molecule has 0 aromatic rings. The van der Waals surface area contributed by atoms with Crippen LogP contribution in [0.3, 0.4) is 0 Å². The number of hydrogen-bond donors (Lipinski definition) is 1. The third-order valence-electron chi connectivity index (χ3n) is 4.63. The van der Waals surface area contributed by atoms with E-state index in [0.29, 0.717) is 0 Å². The number of unbranched alkanes of at least 4 members (excludes halogenated alkanes) is 8. The molecule has 0 spiro atoms. The molecule has 120 valence electrons. The fourth-order valence-electron chi connectivity index (χ4n) is 3.21. The number of rotatable bonds is 11. The van der Waals surface area contributed by atoms with Crippen molar-refractivity contribution in [3.05, 3.63) is 0 Å². The molecule has 2 heteroatoms. The number of aliphatic hydroxyl groups is 1. The lowest BCUT2D eigenvalue weighted by Crippen LogP contribution is -2.35. The molecular formula is C18H37NO. The molecule has 1 saturated heterocycles. The maximum absolute atomic E-state index is 10.2. The van der Waals surface area contributed by atoms with Gasteiger partial charge in [0, 0.05) is 13.1 Å². The third-order valence-corrected chi connectivity index (χ3v) is 4.63.